The molecule has 2 aromatic carbocycles. The molecule has 2 heterocycles. The molecule has 0 N–H and O–H groups in total. The lowest BCUT2D eigenvalue weighted by atomic mass is 9.92. The number of ketones is 1. The van der Waals surface area contributed by atoms with Gasteiger partial charge in [0.15, 0.2) is 0 Å². The molecular formula is C26H19ClN2O3. The summed E-state index contributed by atoms with van der Waals surface area (Å²) in [6.45, 7) is 0. The average Bonchev–Trinajstić information content (AvgIpc) is 2.81. The van der Waals surface area contributed by atoms with Crippen molar-refractivity contribution in [3.8, 4) is 17.7 Å². The number of fused-ring (bicyclic) bond motifs is 1. The van der Waals surface area contributed by atoms with Gasteiger partial charge in [0.05, 0.1) is 18.4 Å². The predicted molar refractivity (Wildman–Crippen MR) is 125 cm³/mol. The zero-order chi connectivity index (χ0) is 22.7. The quantitative estimate of drug-likeness (QED) is 0.338. The van der Waals surface area contributed by atoms with Gasteiger partial charge in [-0.15, -0.1) is 0 Å². The van der Waals surface area contributed by atoms with E-state index in [4.69, 9.17) is 16.3 Å². The molecule has 4 rings (SSSR count). The van der Waals surface area contributed by atoms with Gasteiger partial charge in [-0.25, -0.2) is 4.98 Å². The highest BCUT2D eigenvalue weighted by Crippen LogP contribution is 2.31. The van der Waals surface area contributed by atoms with Crippen molar-refractivity contribution in [1.29, 1.82) is 0 Å². The van der Waals surface area contributed by atoms with E-state index in [2.05, 4.69) is 16.8 Å². The van der Waals surface area contributed by atoms with Crippen molar-refractivity contribution in [3.05, 3.63) is 93.6 Å². The molecule has 0 spiro atoms. The highest BCUT2D eigenvalue weighted by Gasteiger charge is 2.32. The van der Waals surface area contributed by atoms with Crippen LogP contribution in [0.15, 0.2) is 66.4 Å². The lowest BCUT2D eigenvalue weighted by Crippen LogP contribution is -2.36. The fourth-order valence-corrected chi connectivity index (χ4v) is 3.52. The van der Waals surface area contributed by atoms with Crippen molar-refractivity contribution < 1.29 is 14.3 Å². The Kier molecular flexibility index (Phi) is 6.07. The van der Waals surface area contributed by atoms with E-state index in [1.807, 2.05) is 18.2 Å². The third-order valence-corrected chi connectivity index (χ3v) is 5.35. The van der Waals surface area contributed by atoms with Crippen LogP contribution in [0.2, 0.25) is 5.02 Å². The summed E-state index contributed by atoms with van der Waals surface area (Å²) in [5.41, 5.74) is 3.54. The number of pyridine rings is 1. The first-order chi connectivity index (χ1) is 15.5. The van der Waals surface area contributed by atoms with E-state index in [0.717, 1.165) is 11.1 Å². The van der Waals surface area contributed by atoms with Gasteiger partial charge in [0, 0.05) is 41.9 Å². The Morgan fingerprint density at radius 3 is 2.62 bits per heavy atom. The number of ether oxygens (including phenoxy) is 1. The van der Waals surface area contributed by atoms with Crippen molar-refractivity contribution in [2.75, 3.05) is 19.1 Å². The second-order valence-electron chi connectivity index (χ2n) is 7.22. The van der Waals surface area contributed by atoms with Gasteiger partial charge < -0.3 is 9.64 Å². The molecule has 0 fully saturated rings. The number of nitrogens with zero attached hydrogens (tertiary/aromatic N) is 2. The van der Waals surface area contributed by atoms with Crippen molar-refractivity contribution in [3.63, 3.8) is 0 Å². The average molecular weight is 443 g/mol. The minimum absolute atomic E-state index is 0.108. The number of rotatable bonds is 3. The highest BCUT2D eigenvalue weighted by atomic mass is 35.5. The van der Waals surface area contributed by atoms with Gasteiger partial charge in [-0.05, 0) is 53.6 Å². The zero-order valence-electron chi connectivity index (χ0n) is 17.6. The lowest BCUT2D eigenvalue weighted by molar-refractivity contribution is -0.114. The number of hydrogen-bond acceptors (Lipinski definition) is 4. The van der Waals surface area contributed by atoms with Crippen LogP contribution in [-0.4, -0.2) is 30.8 Å². The predicted octanol–water partition coefficient (Wildman–Crippen LogP) is 4.58. The molecule has 5 nitrogen and oxygen atoms in total. The van der Waals surface area contributed by atoms with Crippen LogP contribution in [-0.2, 0) is 11.2 Å². The molecule has 3 aromatic rings. The maximum Gasteiger partial charge on any atom is 0.262 e. The zero-order valence-corrected chi connectivity index (χ0v) is 18.3. The summed E-state index contributed by atoms with van der Waals surface area (Å²) in [6, 6.07) is 16.0. The van der Waals surface area contributed by atoms with Crippen LogP contribution in [0.25, 0.3) is 6.08 Å². The van der Waals surface area contributed by atoms with Crippen LogP contribution in [0.3, 0.4) is 0 Å². The molecule has 6 heteroatoms. The van der Waals surface area contributed by atoms with Crippen LogP contribution in [0.4, 0.5) is 5.69 Å². The number of hydrogen-bond donors (Lipinski definition) is 0. The maximum atomic E-state index is 13.2. The smallest absolute Gasteiger partial charge is 0.262 e. The largest absolute Gasteiger partial charge is 0.481 e. The molecular weight excluding hydrogens is 424 g/mol. The molecule has 0 saturated carbocycles. The van der Waals surface area contributed by atoms with E-state index < -0.39 is 0 Å². The van der Waals surface area contributed by atoms with E-state index in [-0.39, 0.29) is 17.3 Å². The molecule has 1 amide bonds. The SMILES string of the molecule is COc1cc(CC#Cc2ccc3c(c2)C(=O)/C(=C/c2ccc(Cl)cc2)C(=O)N3C)ccn1. The minimum atomic E-state index is -0.345. The molecule has 0 aliphatic carbocycles. The Morgan fingerprint density at radius 1 is 1.09 bits per heavy atom. The topological polar surface area (TPSA) is 59.5 Å². The van der Waals surface area contributed by atoms with Gasteiger partial charge in [-0.1, -0.05) is 35.6 Å². The Labute approximate surface area is 191 Å². The maximum absolute atomic E-state index is 13.2. The van der Waals surface area contributed by atoms with E-state index >= 15 is 0 Å². The van der Waals surface area contributed by atoms with Crippen molar-refractivity contribution in [2.24, 2.45) is 0 Å². The van der Waals surface area contributed by atoms with Crippen LogP contribution in [0.5, 0.6) is 5.88 Å². The fourth-order valence-electron chi connectivity index (χ4n) is 3.39. The summed E-state index contributed by atoms with van der Waals surface area (Å²) in [7, 11) is 3.23. The Hall–Kier alpha value is -3.88. The first kappa shape index (κ1) is 21.4. The summed E-state index contributed by atoms with van der Waals surface area (Å²) in [5.74, 6) is 6.09. The second kappa shape index (κ2) is 9.09. The lowest BCUT2D eigenvalue weighted by Gasteiger charge is -2.26. The van der Waals surface area contributed by atoms with Crippen LogP contribution < -0.4 is 9.64 Å². The Morgan fingerprint density at radius 2 is 1.88 bits per heavy atom. The van der Waals surface area contributed by atoms with Crippen LogP contribution in [0.1, 0.15) is 27.0 Å². The molecule has 0 atom stereocenters. The van der Waals surface area contributed by atoms with Gasteiger partial charge in [0.2, 0.25) is 11.7 Å². The summed E-state index contributed by atoms with van der Waals surface area (Å²) in [5, 5.41) is 0.587. The van der Waals surface area contributed by atoms with Crippen molar-refractivity contribution in [2.45, 2.75) is 6.42 Å². The number of carbonyl (C=O) groups excluding carboxylic acids is 2. The number of benzene rings is 2. The van der Waals surface area contributed by atoms with Gasteiger partial charge in [-0.3, -0.25) is 9.59 Å². The van der Waals surface area contributed by atoms with Gasteiger partial charge in [0.1, 0.15) is 0 Å². The molecule has 158 valence electrons. The summed E-state index contributed by atoms with van der Waals surface area (Å²) in [6.07, 6.45) is 3.79. The fraction of sp³-hybridized carbons (Fsp3) is 0.115. The van der Waals surface area contributed by atoms with Crippen molar-refractivity contribution in [1.82, 2.24) is 4.98 Å². The number of amides is 1. The van der Waals surface area contributed by atoms with E-state index in [9.17, 15) is 9.59 Å². The highest BCUT2D eigenvalue weighted by molar-refractivity contribution is 6.36. The Bertz CT molecular complexity index is 1300. The standard InChI is InChI=1S/C26H19ClN2O3/c1-29-23-11-8-17(4-3-5-18-12-13-28-24(16-18)32-2)14-21(23)25(30)22(26(29)31)15-19-6-9-20(27)10-7-19/h6-16H,5H2,1-2H3/b22-15-. The summed E-state index contributed by atoms with van der Waals surface area (Å²) < 4.78 is 5.13. The molecule has 0 saturated heterocycles. The van der Waals surface area contributed by atoms with Gasteiger partial charge in [-0.2, -0.15) is 0 Å². The first-order valence-corrected chi connectivity index (χ1v) is 10.3. The molecule has 0 radical (unpaired) electrons. The number of Topliss-reactive ketones (excluding diaryl/α,β-unsaturated/α-hetero) is 1. The number of halogens is 1. The number of likely N-dealkylation sites (N-methyl/N-ethyl adjacent to an activating group) is 1. The normalized spacial score (nSPS) is 14.1. The number of anilines is 1. The van der Waals surface area contributed by atoms with E-state index in [1.165, 1.54) is 4.90 Å². The monoisotopic (exact) mass is 442 g/mol. The van der Waals surface area contributed by atoms with Gasteiger partial charge >= 0.3 is 0 Å². The summed E-state index contributed by atoms with van der Waals surface area (Å²) in [4.78, 5) is 31.5. The molecule has 0 bridgehead atoms. The van der Waals surface area contributed by atoms with E-state index in [0.29, 0.717) is 34.1 Å². The van der Waals surface area contributed by atoms with Gasteiger partial charge in [0.25, 0.3) is 5.91 Å². The molecule has 1 aromatic heterocycles. The van der Waals surface area contributed by atoms with E-state index in [1.54, 1.807) is 62.8 Å². The molecule has 0 unspecified atom stereocenters. The number of methoxy groups -OCH3 is 1. The second-order valence-corrected chi connectivity index (χ2v) is 7.66. The van der Waals surface area contributed by atoms with Crippen molar-refractivity contribution >= 4 is 35.1 Å². The summed E-state index contributed by atoms with van der Waals surface area (Å²) >= 11 is 5.93. The number of carbonyl (C=O) groups is 2. The third kappa shape index (κ3) is 4.41. The molecule has 1 aliphatic rings. The third-order valence-electron chi connectivity index (χ3n) is 5.10. The molecule has 32 heavy (non-hydrogen) atoms. The Balaban J connectivity index is 1.63. The first-order valence-electron chi connectivity index (χ1n) is 9.88. The van der Waals surface area contributed by atoms with Crippen LogP contribution >= 0.6 is 11.6 Å². The number of aromatic nitrogens is 1. The molecule has 1 aliphatic heterocycles. The van der Waals surface area contributed by atoms with Crippen LogP contribution in [0, 0.1) is 11.8 Å². The minimum Gasteiger partial charge on any atom is -0.481 e.